The van der Waals surface area contributed by atoms with Crippen molar-refractivity contribution in [1.82, 2.24) is 10.3 Å². The van der Waals surface area contributed by atoms with Gasteiger partial charge in [-0.25, -0.2) is 4.79 Å². The van der Waals surface area contributed by atoms with Crippen LogP contribution in [-0.4, -0.2) is 29.8 Å². The van der Waals surface area contributed by atoms with Gasteiger partial charge in [-0.05, 0) is 45.7 Å². The second kappa shape index (κ2) is 5.69. The largest absolute Gasteiger partial charge is 0.491 e. The predicted octanol–water partition coefficient (Wildman–Crippen LogP) is 2.78. The summed E-state index contributed by atoms with van der Waals surface area (Å²) >= 11 is 0. The number of pyridine rings is 1. The molecule has 0 saturated carbocycles. The molecular weight excluding hydrogens is 256 g/mol. The van der Waals surface area contributed by atoms with Crippen molar-refractivity contribution >= 4 is 6.09 Å². The quantitative estimate of drug-likeness (QED) is 0.903. The van der Waals surface area contributed by atoms with Crippen LogP contribution in [0.25, 0.3) is 0 Å². The lowest BCUT2D eigenvalue weighted by molar-refractivity contribution is 0.0521. The first-order valence-corrected chi connectivity index (χ1v) is 6.92. The number of carbonyl (C=O) groups is 1. The Hall–Kier alpha value is -1.78. The van der Waals surface area contributed by atoms with E-state index in [9.17, 15) is 4.79 Å². The molecule has 5 heteroatoms. The van der Waals surface area contributed by atoms with Crippen molar-refractivity contribution in [3.05, 3.63) is 23.5 Å². The molecule has 1 unspecified atom stereocenters. The monoisotopic (exact) mass is 278 g/mol. The second-order valence-corrected chi connectivity index (χ2v) is 6.06. The van der Waals surface area contributed by atoms with Gasteiger partial charge in [-0.15, -0.1) is 0 Å². The molecule has 0 saturated heterocycles. The van der Waals surface area contributed by atoms with Crippen LogP contribution in [-0.2, 0) is 4.74 Å². The van der Waals surface area contributed by atoms with Crippen LogP contribution < -0.4 is 10.1 Å². The van der Waals surface area contributed by atoms with Gasteiger partial charge in [0.15, 0.2) is 0 Å². The van der Waals surface area contributed by atoms with Gasteiger partial charge in [-0.2, -0.15) is 0 Å². The van der Waals surface area contributed by atoms with E-state index < -0.39 is 11.7 Å². The highest BCUT2D eigenvalue weighted by Gasteiger charge is 2.25. The molecule has 20 heavy (non-hydrogen) atoms. The normalized spacial score (nSPS) is 17.9. The number of rotatable bonds is 2. The van der Waals surface area contributed by atoms with E-state index in [1.165, 1.54) is 0 Å². The molecule has 1 aliphatic heterocycles. The first-order chi connectivity index (χ1) is 9.37. The molecule has 1 atom stereocenters. The van der Waals surface area contributed by atoms with E-state index in [-0.39, 0.29) is 5.92 Å². The summed E-state index contributed by atoms with van der Waals surface area (Å²) in [5.41, 5.74) is 1.52. The summed E-state index contributed by atoms with van der Waals surface area (Å²) in [6, 6.07) is 1.93. The van der Waals surface area contributed by atoms with Crippen LogP contribution in [0.3, 0.4) is 0 Å². The molecule has 0 bridgehead atoms. The third kappa shape index (κ3) is 3.62. The highest BCUT2D eigenvalue weighted by Crippen LogP contribution is 2.33. The number of aromatic nitrogens is 1. The minimum atomic E-state index is -0.480. The molecule has 0 aromatic carbocycles. The van der Waals surface area contributed by atoms with Crippen molar-refractivity contribution in [2.75, 3.05) is 13.2 Å². The predicted molar refractivity (Wildman–Crippen MR) is 76.1 cm³/mol. The van der Waals surface area contributed by atoms with Crippen molar-refractivity contribution in [3.8, 4) is 5.75 Å². The summed E-state index contributed by atoms with van der Waals surface area (Å²) in [5, 5.41) is 2.81. The number of nitrogens with one attached hydrogen (secondary N) is 1. The van der Waals surface area contributed by atoms with Crippen molar-refractivity contribution in [2.45, 2.75) is 45.6 Å². The average Bonchev–Trinajstić information content (AvgIpc) is 2.35. The Morgan fingerprint density at radius 1 is 1.55 bits per heavy atom. The maximum Gasteiger partial charge on any atom is 0.407 e. The van der Waals surface area contributed by atoms with Gasteiger partial charge in [0.25, 0.3) is 0 Å². The lowest BCUT2D eigenvalue weighted by Crippen LogP contribution is -2.36. The smallest absolute Gasteiger partial charge is 0.407 e. The van der Waals surface area contributed by atoms with Crippen LogP contribution in [0.1, 0.15) is 44.4 Å². The van der Waals surface area contributed by atoms with Gasteiger partial charge in [0, 0.05) is 18.7 Å². The highest BCUT2D eigenvalue weighted by molar-refractivity contribution is 5.67. The zero-order valence-corrected chi connectivity index (χ0v) is 12.5. The number of hydrogen-bond donors (Lipinski definition) is 1. The van der Waals surface area contributed by atoms with Crippen molar-refractivity contribution in [2.24, 2.45) is 0 Å². The number of amides is 1. The molecule has 0 radical (unpaired) electrons. The molecular formula is C15H22N2O3. The zero-order chi connectivity index (χ0) is 14.8. The SMILES string of the molecule is Cc1ccnc2c1OCCC2CNC(=O)OC(C)(C)C. The Morgan fingerprint density at radius 3 is 3.00 bits per heavy atom. The van der Waals surface area contributed by atoms with Crippen LogP contribution in [0, 0.1) is 6.92 Å². The fourth-order valence-corrected chi connectivity index (χ4v) is 2.20. The Bertz CT molecular complexity index is 494. The Morgan fingerprint density at radius 2 is 2.30 bits per heavy atom. The number of ether oxygens (including phenoxy) is 2. The molecule has 1 aromatic rings. The zero-order valence-electron chi connectivity index (χ0n) is 12.5. The molecule has 0 spiro atoms. The standard InChI is InChI=1S/C15H22N2O3/c1-10-5-7-16-12-11(6-8-19-13(10)12)9-17-14(18)20-15(2,3)4/h5,7,11H,6,8-9H2,1-4H3,(H,17,18). The molecule has 1 amide bonds. The lowest BCUT2D eigenvalue weighted by Gasteiger charge is -2.26. The van der Waals surface area contributed by atoms with E-state index in [0.717, 1.165) is 23.4 Å². The van der Waals surface area contributed by atoms with Crippen LogP contribution >= 0.6 is 0 Å². The number of aryl methyl sites for hydroxylation is 1. The van der Waals surface area contributed by atoms with E-state index in [4.69, 9.17) is 9.47 Å². The van der Waals surface area contributed by atoms with Gasteiger partial charge < -0.3 is 14.8 Å². The third-order valence-corrected chi connectivity index (χ3v) is 3.12. The first-order valence-electron chi connectivity index (χ1n) is 6.92. The van der Waals surface area contributed by atoms with E-state index in [1.54, 1.807) is 6.20 Å². The van der Waals surface area contributed by atoms with Gasteiger partial charge in [0.05, 0.1) is 12.3 Å². The molecule has 5 nitrogen and oxygen atoms in total. The van der Waals surface area contributed by atoms with Crippen molar-refractivity contribution < 1.29 is 14.3 Å². The van der Waals surface area contributed by atoms with E-state index in [2.05, 4.69) is 10.3 Å². The number of alkyl carbamates (subject to hydrolysis) is 1. The molecule has 1 N–H and O–H groups in total. The fraction of sp³-hybridized carbons (Fsp3) is 0.600. The van der Waals surface area contributed by atoms with E-state index in [0.29, 0.717) is 13.2 Å². The molecule has 2 heterocycles. The maximum absolute atomic E-state index is 11.7. The Kier molecular flexibility index (Phi) is 4.16. The minimum absolute atomic E-state index is 0.172. The van der Waals surface area contributed by atoms with Crippen LogP contribution in [0.4, 0.5) is 4.79 Å². The van der Waals surface area contributed by atoms with Crippen LogP contribution in [0.5, 0.6) is 5.75 Å². The highest BCUT2D eigenvalue weighted by atomic mass is 16.6. The first kappa shape index (κ1) is 14.6. The molecule has 2 rings (SSSR count). The molecule has 110 valence electrons. The fourth-order valence-electron chi connectivity index (χ4n) is 2.20. The van der Waals surface area contributed by atoms with Gasteiger partial charge >= 0.3 is 6.09 Å². The summed E-state index contributed by atoms with van der Waals surface area (Å²) in [5.74, 6) is 1.03. The summed E-state index contributed by atoms with van der Waals surface area (Å²) in [4.78, 5) is 16.1. The van der Waals surface area contributed by atoms with Crippen LogP contribution in [0.2, 0.25) is 0 Å². The number of carbonyl (C=O) groups excluding carboxylic acids is 1. The molecule has 0 aliphatic carbocycles. The lowest BCUT2D eigenvalue weighted by atomic mass is 9.96. The minimum Gasteiger partial charge on any atom is -0.491 e. The van der Waals surface area contributed by atoms with E-state index >= 15 is 0 Å². The summed E-state index contributed by atoms with van der Waals surface area (Å²) < 4.78 is 10.9. The average molecular weight is 278 g/mol. The molecule has 1 aliphatic rings. The Balaban J connectivity index is 1.99. The Labute approximate surface area is 119 Å². The summed E-state index contributed by atoms with van der Waals surface area (Å²) in [6.07, 6.45) is 2.24. The summed E-state index contributed by atoms with van der Waals surface area (Å²) in [7, 11) is 0. The van der Waals surface area contributed by atoms with Gasteiger partial charge in [0.2, 0.25) is 0 Å². The molecule has 0 fully saturated rings. The van der Waals surface area contributed by atoms with Crippen molar-refractivity contribution in [1.29, 1.82) is 0 Å². The summed E-state index contributed by atoms with van der Waals surface area (Å²) in [6.45, 7) is 8.72. The number of hydrogen-bond acceptors (Lipinski definition) is 4. The van der Waals surface area contributed by atoms with Crippen LogP contribution in [0.15, 0.2) is 12.3 Å². The molecule has 1 aromatic heterocycles. The van der Waals surface area contributed by atoms with Gasteiger partial charge in [-0.3, -0.25) is 4.98 Å². The second-order valence-electron chi connectivity index (χ2n) is 6.06. The number of nitrogens with zero attached hydrogens (tertiary/aromatic N) is 1. The third-order valence-electron chi connectivity index (χ3n) is 3.12. The number of fused-ring (bicyclic) bond motifs is 1. The van der Waals surface area contributed by atoms with E-state index in [1.807, 2.05) is 33.8 Å². The maximum atomic E-state index is 11.7. The topological polar surface area (TPSA) is 60.5 Å². The van der Waals surface area contributed by atoms with Gasteiger partial charge in [0.1, 0.15) is 11.4 Å². The van der Waals surface area contributed by atoms with Gasteiger partial charge in [-0.1, -0.05) is 0 Å². The van der Waals surface area contributed by atoms with Crippen molar-refractivity contribution in [3.63, 3.8) is 0 Å².